The SMILES string of the molecule is COc1ccccc1C1=C(C(=O)O)C(C)ON1C1=CC(O)c2ccccc21. The molecule has 1 aliphatic heterocycles. The van der Waals surface area contributed by atoms with Crippen molar-refractivity contribution in [3.05, 3.63) is 76.9 Å². The average molecular weight is 365 g/mol. The van der Waals surface area contributed by atoms with Gasteiger partial charge in [-0.2, -0.15) is 0 Å². The Bertz CT molecular complexity index is 978. The molecular formula is C21H19NO5. The van der Waals surface area contributed by atoms with Gasteiger partial charge in [0.1, 0.15) is 18.0 Å². The molecule has 0 saturated heterocycles. The summed E-state index contributed by atoms with van der Waals surface area (Å²) in [5.41, 5.74) is 3.33. The van der Waals surface area contributed by atoms with Crippen LogP contribution in [0.1, 0.15) is 29.7 Å². The molecule has 6 nitrogen and oxygen atoms in total. The summed E-state index contributed by atoms with van der Waals surface area (Å²) in [5, 5.41) is 21.7. The molecule has 27 heavy (non-hydrogen) atoms. The first-order valence-electron chi connectivity index (χ1n) is 8.60. The summed E-state index contributed by atoms with van der Waals surface area (Å²) in [6.07, 6.45) is 0.230. The van der Waals surface area contributed by atoms with Crippen molar-refractivity contribution in [2.24, 2.45) is 0 Å². The van der Waals surface area contributed by atoms with Crippen molar-refractivity contribution in [2.75, 3.05) is 7.11 Å². The fourth-order valence-electron chi connectivity index (χ4n) is 3.61. The van der Waals surface area contributed by atoms with Gasteiger partial charge in [-0.3, -0.25) is 4.84 Å². The van der Waals surface area contributed by atoms with Crippen molar-refractivity contribution in [3.8, 4) is 5.75 Å². The van der Waals surface area contributed by atoms with E-state index >= 15 is 0 Å². The highest BCUT2D eigenvalue weighted by Crippen LogP contribution is 2.46. The lowest BCUT2D eigenvalue weighted by molar-refractivity contribution is -0.134. The Hall–Kier alpha value is -3.09. The highest BCUT2D eigenvalue weighted by atomic mass is 16.7. The second-order valence-corrected chi connectivity index (χ2v) is 6.39. The lowest BCUT2D eigenvalue weighted by atomic mass is 10.0. The highest BCUT2D eigenvalue weighted by molar-refractivity contribution is 6.00. The van der Waals surface area contributed by atoms with E-state index in [0.717, 1.165) is 11.1 Å². The second kappa shape index (κ2) is 6.57. The molecule has 2 unspecified atom stereocenters. The quantitative estimate of drug-likeness (QED) is 0.866. The molecule has 2 atom stereocenters. The van der Waals surface area contributed by atoms with Gasteiger partial charge >= 0.3 is 5.97 Å². The van der Waals surface area contributed by atoms with Gasteiger partial charge in [-0.25, -0.2) is 9.86 Å². The molecule has 2 aliphatic rings. The van der Waals surface area contributed by atoms with Crippen molar-refractivity contribution < 1.29 is 24.6 Å². The number of nitrogens with zero attached hydrogens (tertiary/aromatic N) is 1. The maximum atomic E-state index is 12.0. The summed E-state index contributed by atoms with van der Waals surface area (Å²) in [6.45, 7) is 1.69. The largest absolute Gasteiger partial charge is 0.496 e. The zero-order valence-corrected chi connectivity index (χ0v) is 14.9. The summed E-state index contributed by atoms with van der Waals surface area (Å²) in [4.78, 5) is 17.9. The first-order valence-corrected chi connectivity index (χ1v) is 8.60. The van der Waals surface area contributed by atoms with Gasteiger partial charge in [-0.1, -0.05) is 36.4 Å². The number of aliphatic hydroxyl groups excluding tert-OH is 1. The van der Waals surface area contributed by atoms with Crippen molar-refractivity contribution in [1.29, 1.82) is 0 Å². The standard InChI is InChI=1S/C21H19NO5/c1-12-19(21(24)25)20(15-9-5-6-10-18(15)26-2)22(27-12)16-11-17(23)14-8-4-3-7-13(14)16/h3-12,17,23H,1-2H3,(H,24,25). The molecule has 0 bridgehead atoms. The molecule has 0 radical (unpaired) electrons. The third-order valence-corrected chi connectivity index (χ3v) is 4.81. The van der Waals surface area contributed by atoms with E-state index in [-0.39, 0.29) is 5.57 Å². The molecule has 0 amide bonds. The molecule has 1 aliphatic carbocycles. The van der Waals surface area contributed by atoms with Crippen LogP contribution in [0.15, 0.2) is 60.2 Å². The predicted octanol–water partition coefficient (Wildman–Crippen LogP) is 3.21. The van der Waals surface area contributed by atoms with Gasteiger partial charge < -0.3 is 14.9 Å². The predicted molar refractivity (Wildman–Crippen MR) is 99.3 cm³/mol. The minimum Gasteiger partial charge on any atom is -0.496 e. The average Bonchev–Trinajstić information content (AvgIpc) is 3.19. The fraction of sp³-hybridized carbons (Fsp3) is 0.190. The maximum Gasteiger partial charge on any atom is 0.336 e. The van der Waals surface area contributed by atoms with E-state index in [1.165, 1.54) is 12.2 Å². The molecule has 0 spiro atoms. The summed E-state index contributed by atoms with van der Waals surface area (Å²) in [6, 6.07) is 14.6. The van der Waals surface area contributed by atoms with Gasteiger partial charge in [-0.15, -0.1) is 0 Å². The molecule has 2 aromatic carbocycles. The van der Waals surface area contributed by atoms with Crippen LogP contribution in [-0.2, 0) is 9.63 Å². The van der Waals surface area contributed by atoms with Crippen LogP contribution in [0.4, 0.5) is 0 Å². The minimum absolute atomic E-state index is 0.138. The number of benzene rings is 2. The number of carboxylic acids is 1. The smallest absolute Gasteiger partial charge is 0.336 e. The number of carbonyl (C=O) groups is 1. The Balaban J connectivity index is 1.92. The van der Waals surface area contributed by atoms with E-state index in [0.29, 0.717) is 22.7 Å². The van der Waals surface area contributed by atoms with Crippen LogP contribution in [0, 0.1) is 0 Å². The molecule has 0 aromatic heterocycles. The molecule has 4 rings (SSSR count). The molecule has 2 aromatic rings. The molecule has 0 saturated carbocycles. The molecule has 1 heterocycles. The Labute approximate surface area is 156 Å². The third-order valence-electron chi connectivity index (χ3n) is 4.81. The van der Waals surface area contributed by atoms with Gasteiger partial charge in [0.2, 0.25) is 0 Å². The summed E-state index contributed by atoms with van der Waals surface area (Å²) >= 11 is 0. The zero-order valence-electron chi connectivity index (χ0n) is 14.9. The van der Waals surface area contributed by atoms with Gasteiger partial charge in [0.05, 0.1) is 24.1 Å². The molecule has 0 fully saturated rings. The van der Waals surface area contributed by atoms with Gasteiger partial charge in [0.15, 0.2) is 0 Å². The van der Waals surface area contributed by atoms with Gasteiger partial charge in [-0.05, 0) is 30.7 Å². The van der Waals surface area contributed by atoms with Crippen LogP contribution in [0.5, 0.6) is 5.75 Å². The zero-order chi connectivity index (χ0) is 19.1. The van der Waals surface area contributed by atoms with Crippen LogP contribution in [0.3, 0.4) is 0 Å². The second-order valence-electron chi connectivity index (χ2n) is 6.39. The number of ether oxygens (including phenoxy) is 1. The van der Waals surface area contributed by atoms with Gasteiger partial charge in [0.25, 0.3) is 0 Å². The fourth-order valence-corrected chi connectivity index (χ4v) is 3.61. The number of aliphatic carboxylic acids is 1. The van der Waals surface area contributed by atoms with E-state index in [9.17, 15) is 15.0 Å². The van der Waals surface area contributed by atoms with E-state index in [2.05, 4.69) is 0 Å². The first kappa shape index (κ1) is 17.3. The normalized spacial score (nSPS) is 21.3. The monoisotopic (exact) mass is 365 g/mol. The van der Waals surface area contributed by atoms with Crippen molar-refractivity contribution in [2.45, 2.75) is 19.1 Å². The van der Waals surface area contributed by atoms with E-state index in [1.807, 2.05) is 36.4 Å². The van der Waals surface area contributed by atoms with E-state index in [4.69, 9.17) is 9.57 Å². The number of methoxy groups -OCH3 is 1. The minimum atomic E-state index is -1.06. The summed E-state index contributed by atoms with van der Waals surface area (Å²) < 4.78 is 5.44. The molecular weight excluding hydrogens is 346 g/mol. The van der Waals surface area contributed by atoms with Crippen LogP contribution >= 0.6 is 0 Å². The van der Waals surface area contributed by atoms with Gasteiger partial charge in [0, 0.05) is 11.1 Å². The number of hydroxylamine groups is 2. The summed E-state index contributed by atoms with van der Waals surface area (Å²) in [7, 11) is 1.54. The number of hydrogen-bond donors (Lipinski definition) is 2. The number of rotatable bonds is 4. The number of aliphatic hydroxyl groups is 1. The van der Waals surface area contributed by atoms with Crippen LogP contribution < -0.4 is 4.74 Å². The van der Waals surface area contributed by atoms with Crippen molar-refractivity contribution >= 4 is 17.4 Å². The third kappa shape index (κ3) is 2.70. The number of carboxylic acid groups (broad SMARTS) is 1. The molecule has 6 heteroatoms. The van der Waals surface area contributed by atoms with Crippen LogP contribution in [-0.4, -0.2) is 34.5 Å². The Kier molecular flexibility index (Phi) is 4.22. The Morgan fingerprint density at radius 3 is 2.48 bits per heavy atom. The molecule has 2 N–H and O–H groups in total. The van der Waals surface area contributed by atoms with E-state index < -0.39 is 18.2 Å². The first-order chi connectivity index (χ1) is 13.0. The topological polar surface area (TPSA) is 79.2 Å². The van der Waals surface area contributed by atoms with Crippen LogP contribution in [0.25, 0.3) is 11.4 Å². The maximum absolute atomic E-state index is 12.0. The van der Waals surface area contributed by atoms with Crippen LogP contribution in [0.2, 0.25) is 0 Å². The Morgan fingerprint density at radius 2 is 1.78 bits per heavy atom. The number of fused-ring (bicyclic) bond motifs is 1. The van der Waals surface area contributed by atoms with Crippen molar-refractivity contribution in [1.82, 2.24) is 5.06 Å². The summed E-state index contributed by atoms with van der Waals surface area (Å²) in [5.74, 6) is -0.514. The lowest BCUT2D eigenvalue weighted by Crippen LogP contribution is -2.18. The Morgan fingerprint density at radius 1 is 1.11 bits per heavy atom. The van der Waals surface area contributed by atoms with E-state index in [1.54, 1.807) is 25.1 Å². The lowest BCUT2D eigenvalue weighted by Gasteiger charge is -2.24. The highest BCUT2D eigenvalue weighted by Gasteiger charge is 2.40. The number of hydrogen-bond acceptors (Lipinski definition) is 5. The molecule has 138 valence electrons. The van der Waals surface area contributed by atoms with Crippen molar-refractivity contribution in [3.63, 3.8) is 0 Å². The number of para-hydroxylation sites is 1.